The van der Waals surface area contributed by atoms with Crippen molar-refractivity contribution in [1.82, 2.24) is 9.80 Å². The van der Waals surface area contributed by atoms with Crippen molar-refractivity contribution >= 4 is 21.7 Å². The van der Waals surface area contributed by atoms with Crippen LogP contribution in [0.3, 0.4) is 0 Å². The third kappa shape index (κ3) is 4.21. The lowest BCUT2D eigenvalue weighted by Crippen LogP contribution is -2.43. The van der Waals surface area contributed by atoms with Gasteiger partial charge in [0, 0.05) is 32.1 Å². The number of nitrogens with zero attached hydrogens (tertiary/aromatic N) is 2. The molecule has 0 unspecified atom stereocenters. The van der Waals surface area contributed by atoms with Crippen LogP contribution in [0.1, 0.15) is 25.3 Å². The molecule has 0 aliphatic carbocycles. The fourth-order valence-electron chi connectivity index (χ4n) is 3.52. The van der Waals surface area contributed by atoms with E-state index in [-0.39, 0.29) is 48.2 Å². The van der Waals surface area contributed by atoms with Crippen molar-refractivity contribution in [2.24, 2.45) is 5.92 Å². The fourth-order valence-corrected chi connectivity index (χ4v) is 4.90. The van der Waals surface area contributed by atoms with E-state index in [9.17, 15) is 18.0 Å². The van der Waals surface area contributed by atoms with Crippen LogP contribution in [0, 0.1) is 5.92 Å². The Balaban J connectivity index is 1.66. The molecule has 1 aromatic rings. The summed E-state index contributed by atoms with van der Waals surface area (Å²) in [4.78, 5) is 28.5. The number of benzene rings is 1. The molecular formula is C18H24N2O4S. The molecule has 0 N–H and O–H groups in total. The predicted molar refractivity (Wildman–Crippen MR) is 94.4 cm³/mol. The van der Waals surface area contributed by atoms with Crippen LogP contribution in [0.25, 0.3) is 0 Å². The quantitative estimate of drug-likeness (QED) is 0.804. The zero-order valence-electron chi connectivity index (χ0n) is 14.4. The molecule has 0 aromatic heterocycles. The lowest BCUT2D eigenvalue weighted by Gasteiger charge is -2.29. The molecule has 7 heteroatoms. The molecule has 0 saturated carbocycles. The summed E-state index contributed by atoms with van der Waals surface area (Å²) in [5.74, 6) is -0.343. The monoisotopic (exact) mass is 364 g/mol. The third-order valence-electron chi connectivity index (χ3n) is 5.08. The minimum atomic E-state index is -3.08. The van der Waals surface area contributed by atoms with E-state index in [1.165, 1.54) is 0 Å². The van der Waals surface area contributed by atoms with E-state index in [2.05, 4.69) is 0 Å². The summed E-state index contributed by atoms with van der Waals surface area (Å²) in [6, 6.07) is 9.60. The number of amides is 2. The third-order valence-corrected chi connectivity index (χ3v) is 6.75. The van der Waals surface area contributed by atoms with Crippen molar-refractivity contribution in [2.75, 3.05) is 24.6 Å². The van der Waals surface area contributed by atoms with Gasteiger partial charge in [0.15, 0.2) is 9.84 Å². The second kappa shape index (κ2) is 7.15. The molecule has 25 heavy (non-hydrogen) atoms. The van der Waals surface area contributed by atoms with Gasteiger partial charge < -0.3 is 9.80 Å². The highest BCUT2D eigenvalue weighted by atomic mass is 32.2. The van der Waals surface area contributed by atoms with E-state index in [1.54, 1.807) is 9.80 Å². The Morgan fingerprint density at radius 2 is 1.92 bits per heavy atom. The zero-order valence-corrected chi connectivity index (χ0v) is 15.2. The van der Waals surface area contributed by atoms with Crippen molar-refractivity contribution < 1.29 is 18.0 Å². The molecule has 0 bridgehead atoms. The van der Waals surface area contributed by atoms with E-state index in [4.69, 9.17) is 0 Å². The first-order valence-corrected chi connectivity index (χ1v) is 10.5. The maximum Gasteiger partial charge on any atom is 0.228 e. The van der Waals surface area contributed by atoms with Crippen molar-refractivity contribution in [2.45, 2.75) is 32.4 Å². The Kier molecular flexibility index (Phi) is 5.13. The summed E-state index contributed by atoms with van der Waals surface area (Å²) in [6.07, 6.45) is 0.671. The van der Waals surface area contributed by atoms with E-state index in [0.717, 1.165) is 5.56 Å². The summed E-state index contributed by atoms with van der Waals surface area (Å²) in [7, 11) is -3.08. The molecule has 0 spiro atoms. The van der Waals surface area contributed by atoms with Gasteiger partial charge in [-0.15, -0.1) is 0 Å². The molecular weight excluding hydrogens is 340 g/mol. The average molecular weight is 364 g/mol. The number of carbonyl (C=O) groups excluding carboxylic acids is 2. The number of hydrogen-bond donors (Lipinski definition) is 0. The van der Waals surface area contributed by atoms with Crippen LogP contribution in [0.2, 0.25) is 0 Å². The maximum atomic E-state index is 12.9. The molecule has 3 rings (SSSR count). The van der Waals surface area contributed by atoms with E-state index < -0.39 is 9.84 Å². The van der Waals surface area contributed by atoms with Crippen LogP contribution in [-0.4, -0.2) is 60.7 Å². The number of carbonyl (C=O) groups is 2. The fraction of sp³-hybridized carbons (Fsp3) is 0.556. The number of rotatable bonds is 3. The van der Waals surface area contributed by atoms with Crippen LogP contribution in [0.4, 0.5) is 0 Å². The molecule has 2 amide bonds. The van der Waals surface area contributed by atoms with Crippen molar-refractivity contribution in [1.29, 1.82) is 0 Å². The molecule has 2 saturated heterocycles. The lowest BCUT2D eigenvalue weighted by atomic mass is 10.1. The summed E-state index contributed by atoms with van der Waals surface area (Å²) < 4.78 is 23.6. The SMILES string of the molecule is C[C@H]1CCS(=O)(=O)CCN1C(=O)[C@H]1CC(=O)N(Cc2ccccc2)C1. The molecule has 0 radical (unpaired) electrons. The first-order chi connectivity index (χ1) is 11.9. The highest BCUT2D eigenvalue weighted by Crippen LogP contribution is 2.24. The van der Waals surface area contributed by atoms with Crippen molar-refractivity contribution in [3.63, 3.8) is 0 Å². The number of likely N-dealkylation sites (tertiary alicyclic amines) is 1. The summed E-state index contributed by atoms with van der Waals surface area (Å²) in [6.45, 7) is 3.03. The molecule has 2 fully saturated rings. The van der Waals surface area contributed by atoms with E-state index >= 15 is 0 Å². The number of hydrogen-bond acceptors (Lipinski definition) is 4. The zero-order chi connectivity index (χ0) is 18.0. The first kappa shape index (κ1) is 17.9. The molecule has 1 aromatic carbocycles. The van der Waals surface area contributed by atoms with Gasteiger partial charge in [-0.1, -0.05) is 30.3 Å². The Morgan fingerprint density at radius 1 is 1.20 bits per heavy atom. The average Bonchev–Trinajstić information content (AvgIpc) is 2.87. The molecule has 2 heterocycles. The second-order valence-electron chi connectivity index (χ2n) is 6.98. The Bertz CT molecular complexity index is 748. The van der Waals surface area contributed by atoms with Crippen LogP contribution in [-0.2, 0) is 26.0 Å². The van der Waals surface area contributed by atoms with Gasteiger partial charge in [0.25, 0.3) is 0 Å². The largest absolute Gasteiger partial charge is 0.339 e. The molecule has 2 aliphatic rings. The summed E-state index contributed by atoms with van der Waals surface area (Å²) >= 11 is 0. The molecule has 6 nitrogen and oxygen atoms in total. The topological polar surface area (TPSA) is 74.8 Å². The molecule has 2 atom stereocenters. The highest BCUT2D eigenvalue weighted by Gasteiger charge is 2.38. The van der Waals surface area contributed by atoms with Crippen molar-refractivity contribution in [3.8, 4) is 0 Å². The highest BCUT2D eigenvalue weighted by molar-refractivity contribution is 7.91. The summed E-state index contributed by atoms with van der Waals surface area (Å²) in [5.41, 5.74) is 1.04. The van der Waals surface area contributed by atoms with Crippen LogP contribution >= 0.6 is 0 Å². The van der Waals surface area contributed by atoms with Gasteiger partial charge in [-0.3, -0.25) is 9.59 Å². The standard InChI is InChI=1S/C18H24N2O4S/c1-14-7-9-25(23,24)10-8-20(14)18(22)16-11-17(21)19(13-16)12-15-5-3-2-4-6-15/h2-6,14,16H,7-13H2,1H3/t14-,16-/m0/s1. The summed E-state index contributed by atoms with van der Waals surface area (Å²) in [5, 5.41) is 0. The van der Waals surface area contributed by atoms with Crippen molar-refractivity contribution in [3.05, 3.63) is 35.9 Å². The number of sulfone groups is 1. The van der Waals surface area contributed by atoms with Gasteiger partial charge in [0.2, 0.25) is 11.8 Å². The minimum absolute atomic E-state index is 0.0114. The van der Waals surface area contributed by atoms with Gasteiger partial charge >= 0.3 is 0 Å². The maximum absolute atomic E-state index is 12.9. The van der Waals surface area contributed by atoms with Gasteiger partial charge in [-0.25, -0.2) is 8.42 Å². The van der Waals surface area contributed by atoms with Crippen LogP contribution in [0.15, 0.2) is 30.3 Å². The minimum Gasteiger partial charge on any atom is -0.339 e. The van der Waals surface area contributed by atoms with E-state index in [1.807, 2.05) is 37.3 Å². The molecule has 2 aliphatic heterocycles. The van der Waals surface area contributed by atoms with E-state index in [0.29, 0.717) is 19.5 Å². The van der Waals surface area contributed by atoms with Gasteiger partial charge in [-0.05, 0) is 18.9 Å². The van der Waals surface area contributed by atoms with Crippen LogP contribution < -0.4 is 0 Å². The Labute approximate surface area is 148 Å². The molecule has 136 valence electrons. The smallest absolute Gasteiger partial charge is 0.228 e. The van der Waals surface area contributed by atoms with Gasteiger partial charge in [0.1, 0.15) is 0 Å². The van der Waals surface area contributed by atoms with Gasteiger partial charge in [-0.2, -0.15) is 0 Å². The normalized spacial score (nSPS) is 26.5. The second-order valence-corrected chi connectivity index (χ2v) is 9.29. The Hall–Kier alpha value is -1.89. The van der Waals surface area contributed by atoms with Crippen LogP contribution in [0.5, 0.6) is 0 Å². The predicted octanol–water partition coefficient (Wildman–Crippen LogP) is 1.07. The lowest BCUT2D eigenvalue weighted by molar-refractivity contribution is -0.137. The Morgan fingerprint density at radius 3 is 2.64 bits per heavy atom. The van der Waals surface area contributed by atoms with Gasteiger partial charge in [0.05, 0.1) is 17.4 Å². The first-order valence-electron chi connectivity index (χ1n) is 8.68.